The number of aryl methyl sites for hydroxylation is 2. The van der Waals surface area contributed by atoms with Crippen molar-refractivity contribution in [2.24, 2.45) is 23.3 Å². The molecule has 0 spiro atoms. The minimum Gasteiger partial charge on any atom is -0.330 e. The molecule has 1 aromatic rings. The average Bonchev–Trinajstić information content (AvgIpc) is 2.47. The molecule has 2 nitrogen and oxygen atoms in total. The Hall–Kier alpha value is -0.860. The summed E-state index contributed by atoms with van der Waals surface area (Å²) >= 11 is 0. The summed E-state index contributed by atoms with van der Waals surface area (Å²) in [5.41, 5.74) is 16.2. The Morgan fingerprint density at radius 3 is 2.26 bits per heavy atom. The second kappa shape index (κ2) is 6.53. The first-order chi connectivity index (χ1) is 9.17. The van der Waals surface area contributed by atoms with Gasteiger partial charge in [0.25, 0.3) is 0 Å². The van der Waals surface area contributed by atoms with Crippen LogP contribution in [0.15, 0.2) is 18.2 Å². The van der Waals surface area contributed by atoms with Crippen LogP contribution in [-0.4, -0.2) is 13.1 Å². The number of hydrogen-bond donors (Lipinski definition) is 2. The van der Waals surface area contributed by atoms with Crippen LogP contribution in [0, 0.1) is 11.8 Å². The van der Waals surface area contributed by atoms with Gasteiger partial charge in [0.2, 0.25) is 0 Å². The van der Waals surface area contributed by atoms with E-state index in [2.05, 4.69) is 32.0 Å². The highest BCUT2D eigenvalue weighted by molar-refractivity contribution is 5.35. The fourth-order valence-corrected chi connectivity index (χ4v) is 3.27. The highest BCUT2D eigenvalue weighted by Gasteiger charge is 2.22. The summed E-state index contributed by atoms with van der Waals surface area (Å²) in [6, 6.07) is 7.09. The first-order valence-electron chi connectivity index (χ1n) is 7.69. The number of hydrogen-bond acceptors (Lipinski definition) is 2. The molecule has 0 saturated heterocycles. The first-order valence-corrected chi connectivity index (χ1v) is 7.69. The van der Waals surface area contributed by atoms with Crippen molar-refractivity contribution in [3.63, 3.8) is 0 Å². The molecule has 1 aromatic carbocycles. The maximum atomic E-state index is 5.83. The van der Waals surface area contributed by atoms with E-state index < -0.39 is 0 Å². The lowest BCUT2D eigenvalue weighted by atomic mass is 9.78. The largest absolute Gasteiger partial charge is 0.330 e. The van der Waals surface area contributed by atoms with E-state index in [0.29, 0.717) is 30.8 Å². The minimum atomic E-state index is 0.422. The lowest BCUT2D eigenvalue weighted by Crippen LogP contribution is -2.31. The van der Waals surface area contributed by atoms with Crippen LogP contribution in [0.5, 0.6) is 0 Å². The zero-order valence-corrected chi connectivity index (χ0v) is 12.4. The topological polar surface area (TPSA) is 52.0 Å². The molecule has 19 heavy (non-hydrogen) atoms. The summed E-state index contributed by atoms with van der Waals surface area (Å²) in [6.07, 6.45) is 5.20. The molecular formula is C17H28N2. The third-order valence-corrected chi connectivity index (χ3v) is 5.04. The van der Waals surface area contributed by atoms with Crippen molar-refractivity contribution >= 4 is 0 Å². The molecule has 0 heterocycles. The molecule has 2 atom stereocenters. The fourth-order valence-electron chi connectivity index (χ4n) is 3.27. The highest BCUT2D eigenvalue weighted by atomic mass is 14.6. The Kier molecular flexibility index (Phi) is 5.00. The van der Waals surface area contributed by atoms with Crippen LogP contribution < -0.4 is 11.5 Å². The maximum Gasteiger partial charge on any atom is -0.00340 e. The van der Waals surface area contributed by atoms with Crippen molar-refractivity contribution in [3.05, 3.63) is 34.9 Å². The third kappa shape index (κ3) is 3.18. The minimum absolute atomic E-state index is 0.422. The molecule has 106 valence electrons. The molecule has 0 bridgehead atoms. The van der Waals surface area contributed by atoms with Crippen molar-refractivity contribution in [1.29, 1.82) is 0 Å². The van der Waals surface area contributed by atoms with Crippen molar-refractivity contribution < 1.29 is 0 Å². The van der Waals surface area contributed by atoms with Crippen LogP contribution in [-0.2, 0) is 12.8 Å². The molecule has 2 unspecified atom stereocenters. The van der Waals surface area contributed by atoms with Gasteiger partial charge in [-0.3, -0.25) is 0 Å². The summed E-state index contributed by atoms with van der Waals surface area (Å²) in [5, 5.41) is 0. The summed E-state index contributed by atoms with van der Waals surface area (Å²) in [6.45, 7) is 5.97. The van der Waals surface area contributed by atoms with E-state index in [9.17, 15) is 0 Å². The zero-order chi connectivity index (χ0) is 13.8. The van der Waals surface area contributed by atoms with Gasteiger partial charge in [-0.1, -0.05) is 32.0 Å². The summed E-state index contributed by atoms with van der Waals surface area (Å²) in [7, 11) is 0. The van der Waals surface area contributed by atoms with Gasteiger partial charge in [-0.2, -0.15) is 0 Å². The Morgan fingerprint density at radius 1 is 1.00 bits per heavy atom. The predicted octanol–water partition coefficient (Wildman–Crippen LogP) is 2.84. The van der Waals surface area contributed by atoms with E-state index in [1.54, 1.807) is 11.1 Å². The second-order valence-corrected chi connectivity index (χ2v) is 6.11. The molecule has 2 heteroatoms. The van der Waals surface area contributed by atoms with E-state index in [-0.39, 0.29) is 0 Å². The summed E-state index contributed by atoms with van der Waals surface area (Å²) in [5.74, 6) is 1.49. The van der Waals surface area contributed by atoms with E-state index in [4.69, 9.17) is 11.5 Å². The van der Waals surface area contributed by atoms with Gasteiger partial charge in [0, 0.05) is 0 Å². The molecule has 0 aliphatic heterocycles. The smallest absolute Gasteiger partial charge is 0.00340 e. The Bertz CT molecular complexity index is 410. The molecule has 1 aliphatic carbocycles. The van der Waals surface area contributed by atoms with Gasteiger partial charge in [-0.25, -0.2) is 0 Å². The first kappa shape index (κ1) is 14.5. The molecule has 1 aliphatic rings. The van der Waals surface area contributed by atoms with E-state index in [0.717, 1.165) is 0 Å². The van der Waals surface area contributed by atoms with Crippen LogP contribution >= 0.6 is 0 Å². The van der Waals surface area contributed by atoms with Gasteiger partial charge >= 0.3 is 0 Å². The molecule has 2 rings (SSSR count). The van der Waals surface area contributed by atoms with E-state index >= 15 is 0 Å². The number of rotatable bonds is 5. The SMILES string of the molecule is CC(c1ccc2c(c1)CCCC2)C(C)C(CN)CN. The van der Waals surface area contributed by atoms with Crippen molar-refractivity contribution in [2.75, 3.05) is 13.1 Å². The Morgan fingerprint density at radius 2 is 1.63 bits per heavy atom. The van der Waals surface area contributed by atoms with Crippen LogP contribution in [0.2, 0.25) is 0 Å². The van der Waals surface area contributed by atoms with Gasteiger partial charge in [-0.15, -0.1) is 0 Å². The van der Waals surface area contributed by atoms with Crippen LogP contribution in [0.25, 0.3) is 0 Å². The molecule has 0 saturated carbocycles. The van der Waals surface area contributed by atoms with Crippen LogP contribution in [0.3, 0.4) is 0 Å². The quantitative estimate of drug-likeness (QED) is 0.855. The zero-order valence-electron chi connectivity index (χ0n) is 12.4. The van der Waals surface area contributed by atoms with Crippen LogP contribution in [0.1, 0.15) is 49.3 Å². The van der Waals surface area contributed by atoms with E-state index in [1.807, 2.05) is 0 Å². The molecule has 0 aromatic heterocycles. The van der Waals surface area contributed by atoms with Gasteiger partial charge in [0.1, 0.15) is 0 Å². The summed E-state index contributed by atoms with van der Waals surface area (Å²) < 4.78 is 0. The lowest BCUT2D eigenvalue weighted by molar-refractivity contribution is 0.328. The number of nitrogens with two attached hydrogens (primary N) is 2. The van der Waals surface area contributed by atoms with Gasteiger partial charge in [0.15, 0.2) is 0 Å². The highest BCUT2D eigenvalue weighted by Crippen LogP contribution is 2.32. The Balaban J connectivity index is 2.16. The van der Waals surface area contributed by atoms with Crippen LogP contribution in [0.4, 0.5) is 0 Å². The lowest BCUT2D eigenvalue weighted by Gasteiger charge is -2.28. The third-order valence-electron chi connectivity index (χ3n) is 5.04. The molecule has 0 radical (unpaired) electrons. The fraction of sp³-hybridized carbons (Fsp3) is 0.647. The molecular weight excluding hydrogens is 232 g/mol. The van der Waals surface area contributed by atoms with Crippen molar-refractivity contribution in [3.8, 4) is 0 Å². The number of benzene rings is 1. The van der Waals surface area contributed by atoms with Crippen molar-refractivity contribution in [2.45, 2.75) is 45.4 Å². The summed E-state index contributed by atoms with van der Waals surface area (Å²) in [4.78, 5) is 0. The number of fused-ring (bicyclic) bond motifs is 1. The van der Waals surface area contributed by atoms with Gasteiger partial charge in [0.05, 0.1) is 0 Å². The van der Waals surface area contributed by atoms with Crippen molar-refractivity contribution in [1.82, 2.24) is 0 Å². The second-order valence-electron chi connectivity index (χ2n) is 6.11. The normalized spacial score (nSPS) is 18.2. The molecule has 0 amide bonds. The van der Waals surface area contributed by atoms with Gasteiger partial charge < -0.3 is 11.5 Å². The molecule has 4 N–H and O–H groups in total. The average molecular weight is 260 g/mol. The standard InChI is InChI=1S/C17H28N2/c1-12(13(2)17(10-18)11-19)15-8-7-14-5-3-4-6-16(14)9-15/h7-9,12-13,17H,3-6,10-11,18-19H2,1-2H3. The molecule has 0 fully saturated rings. The monoisotopic (exact) mass is 260 g/mol. The predicted molar refractivity (Wildman–Crippen MR) is 82.3 cm³/mol. The maximum absolute atomic E-state index is 5.83. The Labute approximate surface area is 117 Å². The van der Waals surface area contributed by atoms with E-state index in [1.165, 1.54) is 31.2 Å². The van der Waals surface area contributed by atoms with Gasteiger partial charge in [-0.05, 0) is 73.2 Å².